The zero-order valence-corrected chi connectivity index (χ0v) is 10.9. The fourth-order valence-electron chi connectivity index (χ4n) is 1.67. The second-order valence-corrected chi connectivity index (χ2v) is 5.86. The van der Waals surface area contributed by atoms with Crippen molar-refractivity contribution in [2.24, 2.45) is 0 Å². The molecule has 0 N–H and O–H groups in total. The Morgan fingerprint density at radius 2 is 1.58 bits per heavy atom. The van der Waals surface area contributed by atoms with Crippen LogP contribution in [0.15, 0.2) is 77.0 Å². The van der Waals surface area contributed by atoms with E-state index in [2.05, 4.69) is 6.58 Å². The van der Waals surface area contributed by atoms with Crippen molar-refractivity contribution in [3.63, 3.8) is 0 Å². The Hall–Kier alpha value is -2.20. The number of rotatable bonds is 4. The fraction of sp³-hybridized carbons (Fsp3) is 0. The third-order valence-corrected chi connectivity index (χ3v) is 4.44. The first-order chi connectivity index (χ1) is 9.05. The van der Waals surface area contributed by atoms with Gasteiger partial charge in [-0.05, 0) is 30.3 Å². The minimum Gasteiger partial charge on any atom is -0.289 e. The van der Waals surface area contributed by atoms with Crippen molar-refractivity contribution >= 4 is 15.6 Å². The summed E-state index contributed by atoms with van der Waals surface area (Å²) in [6.07, 6.45) is 1.16. The highest BCUT2D eigenvalue weighted by Crippen LogP contribution is 2.21. The lowest BCUT2D eigenvalue weighted by Gasteiger charge is -2.05. The van der Waals surface area contributed by atoms with Gasteiger partial charge in [0.25, 0.3) is 0 Å². The second kappa shape index (κ2) is 5.20. The lowest BCUT2D eigenvalue weighted by atomic mass is 10.1. The van der Waals surface area contributed by atoms with E-state index in [9.17, 15) is 13.2 Å². The van der Waals surface area contributed by atoms with Gasteiger partial charge in [-0.15, -0.1) is 0 Å². The summed E-state index contributed by atoms with van der Waals surface area (Å²) in [5, 5.41) is 0. The molecule has 0 heterocycles. The highest BCUT2D eigenvalue weighted by molar-refractivity contribution is 7.91. The van der Waals surface area contributed by atoms with Crippen molar-refractivity contribution in [2.75, 3.05) is 0 Å². The molecular formula is C15H12O3S. The molecule has 0 atom stereocenters. The molecule has 0 amide bonds. The van der Waals surface area contributed by atoms with Gasteiger partial charge in [-0.2, -0.15) is 0 Å². The Labute approximate surface area is 112 Å². The molecule has 2 aromatic rings. The van der Waals surface area contributed by atoms with Crippen LogP contribution in [0.25, 0.3) is 0 Å². The zero-order valence-electron chi connectivity index (χ0n) is 10.1. The minimum absolute atomic E-state index is 0.103. The molecule has 0 saturated heterocycles. The van der Waals surface area contributed by atoms with Crippen LogP contribution >= 0.6 is 0 Å². The summed E-state index contributed by atoms with van der Waals surface area (Å²) in [4.78, 5) is 11.8. The Morgan fingerprint density at radius 1 is 0.947 bits per heavy atom. The van der Waals surface area contributed by atoms with E-state index in [4.69, 9.17) is 0 Å². The van der Waals surface area contributed by atoms with Crippen molar-refractivity contribution in [3.8, 4) is 0 Å². The molecule has 0 unspecified atom stereocenters. The minimum atomic E-state index is -3.59. The van der Waals surface area contributed by atoms with Gasteiger partial charge in [0, 0.05) is 5.56 Å². The third kappa shape index (κ3) is 2.63. The van der Waals surface area contributed by atoms with Gasteiger partial charge in [0.05, 0.1) is 9.79 Å². The zero-order chi connectivity index (χ0) is 13.9. The van der Waals surface area contributed by atoms with Crippen LogP contribution in [0.2, 0.25) is 0 Å². The maximum Gasteiger partial charge on any atom is 0.206 e. The van der Waals surface area contributed by atoms with Crippen molar-refractivity contribution in [3.05, 3.63) is 72.8 Å². The van der Waals surface area contributed by atoms with Gasteiger partial charge in [-0.25, -0.2) is 8.42 Å². The topological polar surface area (TPSA) is 51.2 Å². The molecular weight excluding hydrogens is 260 g/mol. The van der Waals surface area contributed by atoms with Crippen LogP contribution in [0, 0.1) is 0 Å². The Morgan fingerprint density at radius 3 is 2.21 bits per heavy atom. The SMILES string of the molecule is C=CC(=O)c1cccc(S(=O)(=O)c2ccccc2)c1. The van der Waals surface area contributed by atoms with E-state index in [-0.39, 0.29) is 15.6 Å². The van der Waals surface area contributed by atoms with E-state index in [0.717, 1.165) is 6.08 Å². The maximum absolute atomic E-state index is 12.4. The standard InChI is InChI=1S/C15H12O3S/c1-2-15(16)12-7-6-10-14(11-12)19(17,18)13-8-4-3-5-9-13/h2-11H,1H2. The van der Waals surface area contributed by atoms with Crippen molar-refractivity contribution in [2.45, 2.75) is 9.79 Å². The molecule has 0 aliphatic rings. The molecule has 4 heteroatoms. The lowest BCUT2D eigenvalue weighted by Crippen LogP contribution is -2.03. The number of hydrogen-bond acceptors (Lipinski definition) is 3. The molecule has 19 heavy (non-hydrogen) atoms. The molecule has 0 fully saturated rings. The molecule has 0 bridgehead atoms. The Balaban J connectivity index is 2.53. The molecule has 0 saturated carbocycles. The van der Waals surface area contributed by atoms with Crippen LogP contribution in [0.4, 0.5) is 0 Å². The van der Waals surface area contributed by atoms with Gasteiger partial charge in [-0.3, -0.25) is 4.79 Å². The Kier molecular flexibility index (Phi) is 3.62. The first kappa shape index (κ1) is 13.2. The van der Waals surface area contributed by atoms with Gasteiger partial charge in [-0.1, -0.05) is 36.9 Å². The summed E-state index contributed by atoms with van der Waals surface area (Å²) in [5.41, 5.74) is 0.312. The van der Waals surface area contributed by atoms with Gasteiger partial charge in [0.15, 0.2) is 5.78 Å². The van der Waals surface area contributed by atoms with E-state index < -0.39 is 9.84 Å². The van der Waals surface area contributed by atoms with Gasteiger partial charge in [0.2, 0.25) is 9.84 Å². The molecule has 0 radical (unpaired) electrons. The molecule has 0 aliphatic carbocycles. The number of sulfone groups is 1. The monoisotopic (exact) mass is 272 g/mol. The van der Waals surface area contributed by atoms with Crippen molar-refractivity contribution in [1.29, 1.82) is 0 Å². The molecule has 2 rings (SSSR count). The third-order valence-electron chi connectivity index (χ3n) is 2.67. The number of benzene rings is 2. The highest BCUT2D eigenvalue weighted by atomic mass is 32.2. The van der Waals surface area contributed by atoms with Crippen molar-refractivity contribution in [1.82, 2.24) is 0 Å². The second-order valence-electron chi connectivity index (χ2n) is 3.91. The first-order valence-electron chi connectivity index (χ1n) is 5.62. The van der Waals surface area contributed by atoms with Crippen LogP contribution in [0.1, 0.15) is 10.4 Å². The summed E-state index contributed by atoms with van der Waals surface area (Å²) in [6.45, 7) is 3.39. The summed E-state index contributed by atoms with van der Waals surface area (Å²) in [7, 11) is -3.59. The Bertz CT molecular complexity index is 716. The van der Waals surface area contributed by atoms with E-state index in [1.165, 1.54) is 24.3 Å². The quantitative estimate of drug-likeness (QED) is 0.635. The number of carbonyl (C=O) groups excluding carboxylic acids is 1. The van der Waals surface area contributed by atoms with Crippen molar-refractivity contribution < 1.29 is 13.2 Å². The van der Waals surface area contributed by atoms with Crippen LogP contribution < -0.4 is 0 Å². The van der Waals surface area contributed by atoms with E-state index >= 15 is 0 Å². The predicted molar refractivity (Wildman–Crippen MR) is 72.9 cm³/mol. The average Bonchev–Trinajstić information content (AvgIpc) is 2.47. The number of allylic oxidation sites excluding steroid dienone is 1. The van der Waals surface area contributed by atoms with E-state index in [1.54, 1.807) is 30.3 Å². The first-order valence-corrected chi connectivity index (χ1v) is 7.11. The molecule has 96 valence electrons. The summed E-state index contributed by atoms with van der Waals surface area (Å²) in [5.74, 6) is -0.301. The molecule has 0 aliphatic heterocycles. The summed E-state index contributed by atoms with van der Waals surface area (Å²) < 4.78 is 24.7. The van der Waals surface area contributed by atoms with Gasteiger partial charge in [0.1, 0.15) is 0 Å². The number of hydrogen-bond donors (Lipinski definition) is 0. The molecule has 0 aromatic heterocycles. The normalized spacial score (nSPS) is 10.9. The molecule has 3 nitrogen and oxygen atoms in total. The number of ketones is 1. The largest absolute Gasteiger partial charge is 0.289 e. The van der Waals surface area contributed by atoms with Crippen LogP contribution in [0.5, 0.6) is 0 Å². The number of carbonyl (C=O) groups is 1. The lowest BCUT2D eigenvalue weighted by molar-refractivity contribution is 0.104. The summed E-state index contributed by atoms with van der Waals surface area (Å²) in [6, 6.07) is 14.1. The molecule has 2 aromatic carbocycles. The van der Waals surface area contributed by atoms with E-state index in [0.29, 0.717) is 5.56 Å². The molecule has 0 spiro atoms. The fourth-order valence-corrected chi connectivity index (χ4v) is 3.00. The highest BCUT2D eigenvalue weighted by Gasteiger charge is 2.18. The summed E-state index contributed by atoms with van der Waals surface area (Å²) >= 11 is 0. The van der Waals surface area contributed by atoms with Crippen LogP contribution in [-0.4, -0.2) is 14.2 Å². The smallest absolute Gasteiger partial charge is 0.206 e. The maximum atomic E-state index is 12.4. The van der Waals surface area contributed by atoms with Crippen LogP contribution in [-0.2, 0) is 9.84 Å². The van der Waals surface area contributed by atoms with Crippen LogP contribution in [0.3, 0.4) is 0 Å². The predicted octanol–water partition coefficient (Wildman–Crippen LogP) is 2.89. The van der Waals surface area contributed by atoms with Gasteiger partial charge < -0.3 is 0 Å². The average molecular weight is 272 g/mol. The van der Waals surface area contributed by atoms with E-state index in [1.807, 2.05) is 0 Å². The van der Waals surface area contributed by atoms with Gasteiger partial charge >= 0.3 is 0 Å².